The topological polar surface area (TPSA) is 75.4 Å². The summed E-state index contributed by atoms with van der Waals surface area (Å²) in [6, 6.07) is 0. The average Bonchev–Trinajstić information content (AvgIpc) is 2.13. The van der Waals surface area contributed by atoms with E-state index in [0.29, 0.717) is 13.1 Å². The summed E-state index contributed by atoms with van der Waals surface area (Å²) in [5.41, 5.74) is 5.50. The van der Waals surface area contributed by atoms with E-state index in [-0.39, 0.29) is 24.3 Å². The van der Waals surface area contributed by atoms with Crippen LogP contribution in [0.3, 0.4) is 0 Å². The number of nitrogens with two attached hydrogens (primary N) is 1. The summed E-state index contributed by atoms with van der Waals surface area (Å²) in [6.45, 7) is 5.18. The fourth-order valence-electron chi connectivity index (χ4n) is 1.26. The molecule has 0 radical (unpaired) electrons. The standard InChI is InChI=1S/C10H22N2O2/c1-8(2)9(7-11)10(14)12-5-3-4-6-13/h8-9,13H,3-7,11H2,1-2H3,(H,12,14). The van der Waals surface area contributed by atoms with Gasteiger partial charge in [0.05, 0.1) is 5.92 Å². The predicted molar refractivity (Wildman–Crippen MR) is 56.7 cm³/mol. The molecule has 4 nitrogen and oxygen atoms in total. The number of carbonyl (C=O) groups excluding carboxylic acids is 1. The first kappa shape index (κ1) is 13.4. The Morgan fingerprint density at radius 1 is 1.43 bits per heavy atom. The second-order valence-corrected chi connectivity index (χ2v) is 3.81. The molecule has 1 atom stereocenters. The molecule has 1 amide bonds. The van der Waals surface area contributed by atoms with Crippen LogP contribution in [-0.2, 0) is 4.79 Å². The molecule has 0 aromatic heterocycles. The van der Waals surface area contributed by atoms with Crippen LogP contribution in [0.4, 0.5) is 0 Å². The van der Waals surface area contributed by atoms with E-state index in [2.05, 4.69) is 5.32 Å². The second kappa shape index (κ2) is 7.76. The molecule has 0 aromatic rings. The molecule has 4 heteroatoms. The second-order valence-electron chi connectivity index (χ2n) is 3.81. The van der Waals surface area contributed by atoms with E-state index in [1.807, 2.05) is 13.8 Å². The number of hydrogen-bond donors (Lipinski definition) is 3. The van der Waals surface area contributed by atoms with Gasteiger partial charge in [0.1, 0.15) is 0 Å². The molecule has 0 aliphatic carbocycles. The smallest absolute Gasteiger partial charge is 0.224 e. The lowest BCUT2D eigenvalue weighted by atomic mass is 9.95. The van der Waals surface area contributed by atoms with Crippen LogP contribution in [-0.4, -0.2) is 30.7 Å². The molecule has 0 spiro atoms. The molecule has 0 bridgehead atoms. The molecule has 1 unspecified atom stereocenters. The number of hydrogen-bond acceptors (Lipinski definition) is 3. The fourth-order valence-corrected chi connectivity index (χ4v) is 1.26. The SMILES string of the molecule is CC(C)C(CN)C(=O)NCCCCO. The Morgan fingerprint density at radius 3 is 2.50 bits per heavy atom. The summed E-state index contributed by atoms with van der Waals surface area (Å²) in [4.78, 5) is 11.5. The molecular formula is C10H22N2O2. The molecule has 0 rings (SSSR count). The highest BCUT2D eigenvalue weighted by Gasteiger charge is 2.19. The van der Waals surface area contributed by atoms with Crippen LogP contribution in [0.2, 0.25) is 0 Å². The molecule has 0 saturated carbocycles. The molecular weight excluding hydrogens is 180 g/mol. The highest BCUT2D eigenvalue weighted by atomic mass is 16.2. The Bertz CT molecular complexity index is 160. The van der Waals surface area contributed by atoms with Gasteiger partial charge in [0.2, 0.25) is 5.91 Å². The van der Waals surface area contributed by atoms with Crippen LogP contribution in [0.25, 0.3) is 0 Å². The normalized spacial score (nSPS) is 12.9. The zero-order valence-electron chi connectivity index (χ0n) is 9.12. The van der Waals surface area contributed by atoms with Crippen molar-refractivity contribution in [2.24, 2.45) is 17.6 Å². The predicted octanol–water partition coefficient (Wildman–Crippen LogP) is 0.106. The molecule has 0 fully saturated rings. The van der Waals surface area contributed by atoms with Gasteiger partial charge < -0.3 is 16.2 Å². The largest absolute Gasteiger partial charge is 0.396 e. The lowest BCUT2D eigenvalue weighted by molar-refractivity contribution is -0.125. The van der Waals surface area contributed by atoms with Crippen LogP contribution < -0.4 is 11.1 Å². The van der Waals surface area contributed by atoms with Gasteiger partial charge in [-0.3, -0.25) is 4.79 Å². The Balaban J connectivity index is 3.70. The first-order valence-corrected chi connectivity index (χ1v) is 5.22. The van der Waals surface area contributed by atoms with Crippen molar-refractivity contribution < 1.29 is 9.90 Å². The third-order valence-corrected chi connectivity index (χ3v) is 2.28. The number of unbranched alkanes of at least 4 members (excludes halogenated alkanes) is 1. The van der Waals surface area contributed by atoms with Gasteiger partial charge in [0, 0.05) is 19.7 Å². The third kappa shape index (κ3) is 5.19. The van der Waals surface area contributed by atoms with Gasteiger partial charge in [-0.25, -0.2) is 0 Å². The number of amides is 1. The maximum atomic E-state index is 11.5. The number of aliphatic hydroxyl groups is 1. The minimum atomic E-state index is -0.0934. The number of carbonyl (C=O) groups is 1. The molecule has 0 aliphatic rings. The quantitative estimate of drug-likeness (QED) is 0.513. The molecule has 84 valence electrons. The Kier molecular flexibility index (Phi) is 7.42. The molecule has 0 aromatic carbocycles. The van der Waals surface area contributed by atoms with Crippen molar-refractivity contribution in [2.75, 3.05) is 19.7 Å². The van der Waals surface area contributed by atoms with Crippen molar-refractivity contribution in [3.05, 3.63) is 0 Å². The Hall–Kier alpha value is -0.610. The summed E-state index contributed by atoms with van der Waals surface area (Å²) >= 11 is 0. The molecule has 0 heterocycles. The van der Waals surface area contributed by atoms with Crippen molar-refractivity contribution in [1.29, 1.82) is 0 Å². The Labute approximate surface area is 85.9 Å². The van der Waals surface area contributed by atoms with E-state index in [4.69, 9.17) is 10.8 Å². The van der Waals surface area contributed by atoms with Crippen LogP contribution in [0.1, 0.15) is 26.7 Å². The van der Waals surface area contributed by atoms with Gasteiger partial charge in [-0.1, -0.05) is 13.8 Å². The van der Waals surface area contributed by atoms with Crippen molar-refractivity contribution in [3.8, 4) is 0 Å². The van der Waals surface area contributed by atoms with Gasteiger partial charge >= 0.3 is 0 Å². The highest BCUT2D eigenvalue weighted by molar-refractivity contribution is 5.79. The van der Waals surface area contributed by atoms with Crippen LogP contribution >= 0.6 is 0 Å². The number of aliphatic hydroxyl groups excluding tert-OH is 1. The average molecular weight is 202 g/mol. The third-order valence-electron chi connectivity index (χ3n) is 2.28. The maximum absolute atomic E-state index is 11.5. The van der Waals surface area contributed by atoms with Gasteiger partial charge in [0.25, 0.3) is 0 Å². The van der Waals surface area contributed by atoms with Crippen LogP contribution in [0.5, 0.6) is 0 Å². The first-order chi connectivity index (χ1) is 6.63. The van der Waals surface area contributed by atoms with E-state index >= 15 is 0 Å². The lowest BCUT2D eigenvalue weighted by Crippen LogP contribution is -2.38. The van der Waals surface area contributed by atoms with Gasteiger partial charge in [-0.15, -0.1) is 0 Å². The molecule has 14 heavy (non-hydrogen) atoms. The monoisotopic (exact) mass is 202 g/mol. The van der Waals surface area contributed by atoms with E-state index in [9.17, 15) is 4.79 Å². The lowest BCUT2D eigenvalue weighted by Gasteiger charge is -2.17. The summed E-state index contributed by atoms with van der Waals surface area (Å²) in [5, 5.41) is 11.4. The Morgan fingerprint density at radius 2 is 2.07 bits per heavy atom. The van der Waals surface area contributed by atoms with Gasteiger partial charge in [-0.2, -0.15) is 0 Å². The van der Waals surface area contributed by atoms with Crippen molar-refractivity contribution >= 4 is 5.91 Å². The van der Waals surface area contributed by atoms with Gasteiger partial charge in [0.15, 0.2) is 0 Å². The summed E-state index contributed by atoms with van der Waals surface area (Å²) in [6.07, 6.45) is 1.55. The summed E-state index contributed by atoms with van der Waals surface area (Å²) < 4.78 is 0. The maximum Gasteiger partial charge on any atom is 0.224 e. The molecule has 0 aliphatic heterocycles. The number of nitrogens with one attached hydrogen (secondary N) is 1. The zero-order chi connectivity index (χ0) is 11.0. The van der Waals surface area contributed by atoms with Gasteiger partial charge in [-0.05, 0) is 18.8 Å². The zero-order valence-corrected chi connectivity index (χ0v) is 9.12. The van der Waals surface area contributed by atoms with E-state index < -0.39 is 0 Å². The summed E-state index contributed by atoms with van der Waals surface area (Å²) in [5.74, 6) is 0.211. The fraction of sp³-hybridized carbons (Fsp3) is 0.900. The number of rotatable bonds is 7. The van der Waals surface area contributed by atoms with Crippen LogP contribution in [0.15, 0.2) is 0 Å². The first-order valence-electron chi connectivity index (χ1n) is 5.22. The van der Waals surface area contributed by atoms with E-state index in [0.717, 1.165) is 12.8 Å². The summed E-state index contributed by atoms with van der Waals surface area (Å²) in [7, 11) is 0. The van der Waals surface area contributed by atoms with Crippen molar-refractivity contribution in [2.45, 2.75) is 26.7 Å². The van der Waals surface area contributed by atoms with Crippen molar-refractivity contribution in [3.63, 3.8) is 0 Å². The van der Waals surface area contributed by atoms with E-state index in [1.54, 1.807) is 0 Å². The van der Waals surface area contributed by atoms with E-state index in [1.165, 1.54) is 0 Å². The molecule has 0 saturated heterocycles. The highest BCUT2D eigenvalue weighted by Crippen LogP contribution is 2.08. The van der Waals surface area contributed by atoms with Crippen molar-refractivity contribution in [1.82, 2.24) is 5.32 Å². The minimum absolute atomic E-state index is 0.0282. The minimum Gasteiger partial charge on any atom is -0.396 e. The molecule has 4 N–H and O–H groups in total. The van der Waals surface area contributed by atoms with Crippen LogP contribution in [0, 0.1) is 11.8 Å².